The molecule has 0 radical (unpaired) electrons. The highest BCUT2D eigenvalue weighted by Crippen LogP contribution is 2.40. The Bertz CT molecular complexity index is 1310. The molecule has 2 aliphatic heterocycles. The molecule has 1 saturated heterocycles. The minimum atomic E-state index is -4.58. The van der Waals surface area contributed by atoms with E-state index in [-0.39, 0.29) is 30.1 Å². The first-order chi connectivity index (χ1) is 16.9. The van der Waals surface area contributed by atoms with Gasteiger partial charge in [-0.3, -0.25) is 9.69 Å². The van der Waals surface area contributed by atoms with Gasteiger partial charge in [-0.2, -0.15) is 13.2 Å². The van der Waals surface area contributed by atoms with E-state index in [1.807, 2.05) is 41.6 Å². The highest BCUT2D eigenvalue weighted by Gasteiger charge is 2.41. The predicted molar refractivity (Wildman–Crippen MR) is 127 cm³/mol. The summed E-state index contributed by atoms with van der Waals surface area (Å²) in [7, 11) is 1.87. The Balaban J connectivity index is 1.42. The summed E-state index contributed by atoms with van der Waals surface area (Å²) in [6.07, 6.45) is -2.31. The summed E-state index contributed by atoms with van der Waals surface area (Å²) in [6.45, 7) is 4.60. The fourth-order valence-electron chi connectivity index (χ4n) is 5.19. The number of rotatable bonds is 6. The second-order valence-electron chi connectivity index (χ2n) is 10.3. The highest BCUT2D eigenvalue weighted by molar-refractivity contribution is 6.10. The van der Waals surface area contributed by atoms with Gasteiger partial charge in [0, 0.05) is 44.4 Å². The molecule has 3 heterocycles. The molecular formula is C26H28F3N5O2. The standard InChI is InChI=1S/C26H28F3N5O2/c1-16(7-23-31-30-15-32(23)3)18-5-4-6-19(10-18)34-12-21-20(24(34)35)8-17(9-22(21)26(27,28)29)11-33-13-25(2,36)14-33/h4-6,8-10,15-16,36H,7,11-14H2,1-3H3/t16-/m1/s1. The average molecular weight is 500 g/mol. The molecule has 10 heteroatoms. The van der Waals surface area contributed by atoms with Crippen LogP contribution in [0.15, 0.2) is 42.7 Å². The topological polar surface area (TPSA) is 74.5 Å². The number of hydrogen-bond acceptors (Lipinski definition) is 5. The van der Waals surface area contributed by atoms with Crippen molar-refractivity contribution >= 4 is 11.6 Å². The van der Waals surface area contributed by atoms with E-state index in [0.29, 0.717) is 30.8 Å². The zero-order valence-corrected chi connectivity index (χ0v) is 20.4. The summed E-state index contributed by atoms with van der Waals surface area (Å²) in [6, 6.07) is 10.1. The number of likely N-dealkylation sites (tertiary alicyclic amines) is 1. The van der Waals surface area contributed by atoms with Crippen LogP contribution in [0, 0.1) is 0 Å². The molecule has 2 aliphatic rings. The van der Waals surface area contributed by atoms with Crippen molar-refractivity contribution in [2.75, 3.05) is 18.0 Å². The van der Waals surface area contributed by atoms with Crippen LogP contribution in [0.1, 0.15) is 58.2 Å². The second-order valence-corrected chi connectivity index (χ2v) is 10.3. The molecule has 1 aromatic heterocycles. The number of β-amino-alcohol motifs (C(OH)–C–C–N with tert-alkyl or cyclic N) is 1. The van der Waals surface area contributed by atoms with Gasteiger partial charge in [0.25, 0.3) is 5.91 Å². The van der Waals surface area contributed by atoms with Gasteiger partial charge in [-0.25, -0.2) is 0 Å². The molecule has 1 atom stereocenters. The van der Waals surface area contributed by atoms with Gasteiger partial charge in [-0.05, 0) is 53.8 Å². The number of alkyl halides is 3. The van der Waals surface area contributed by atoms with Crippen molar-refractivity contribution in [2.24, 2.45) is 7.05 Å². The quantitative estimate of drug-likeness (QED) is 0.557. The number of carbonyl (C=O) groups excluding carboxylic acids is 1. The zero-order chi connectivity index (χ0) is 25.8. The molecule has 1 amide bonds. The summed E-state index contributed by atoms with van der Waals surface area (Å²) < 4.78 is 43.9. The molecule has 190 valence electrons. The third-order valence-electron chi connectivity index (χ3n) is 6.99. The van der Waals surface area contributed by atoms with Gasteiger partial charge in [-0.1, -0.05) is 19.1 Å². The first kappa shape index (κ1) is 24.5. The number of halogens is 3. The minimum absolute atomic E-state index is 0.00407. The Kier molecular flexibility index (Phi) is 5.91. The predicted octanol–water partition coefficient (Wildman–Crippen LogP) is 3.91. The lowest BCUT2D eigenvalue weighted by Gasteiger charge is -2.44. The van der Waals surface area contributed by atoms with E-state index in [1.165, 1.54) is 4.90 Å². The first-order valence-electron chi connectivity index (χ1n) is 11.8. The Morgan fingerprint density at radius 3 is 2.58 bits per heavy atom. The molecule has 0 aliphatic carbocycles. The van der Waals surface area contributed by atoms with Crippen molar-refractivity contribution in [2.45, 2.75) is 51.1 Å². The Hall–Kier alpha value is -3.24. The van der Waals surface area contributed by atoms with Crippen molar-refractivity contribution in [1.29, 1.82) is 0 Å². The highest BCUT2D eigenvalue weighted by atomic mass is 19.4. The van der Waals surface area contributed by atoms with E-state index in [1.54, 1.807) is 25.4 Å². The third-order valence-corrected chi connectivity index (χ3v) is 6.99. The molecular weight excluding hydrogens is 471 g/mol. The van der Waals surface area contributed by atoms with Crippen LogP contribution in [0.25, 0.3) is 0 Å². The largest absolute Gasteiger partial charge is 0.416 e. The van der Waals surface area contributed by atoms with Crippen molar-refractivity contribution in [1.82, 2.24) is 19.7 Å². The third kappa shape index (κ3) is 4.62. The van der Waals surface area contributed by atoms with Crippen LogP contribution in [-0.4, -0.2) is 49.4 Å². The first-order valence-corrected chi connectivity index (χ1v) is 11.8. The minimum Gasteiger partial charge on any atom is -0.388 e. The Morgan fingerprint density at radius 1 is 1.19 bits per heavy atom. The normalized spacial score (nSPS) is 18.3. The number of carbonyl (C=O) groups is 1. The molecule has 0 spiro atoms. The number of aliphatic hydroxyl groups is 1. The maximum Gasteiger partial charge on any atom is 0.416 e. The summed E-state index contributed by atoms with van der Waals surface area (Å²) in [4.78, 5) is 16.6. The maximum atomic E-state index is 14.0. The van der Waals surface area contributed by atoms with Crippen molar-refractivity contribution in [3.05, 3.63) is 76.4 Å². The molecule has 36 heavy (non-hydrogen) atoms. The number of aryl methyl sites for hydroxylation is 1. The molecule has 1 N–H and O–H groups in total. The van der Waals surface area contributed by atoms with E-state index >= 15 is 0 Å². The molecule has 2 aromatic carbocycles. The van der Waals surface area contributed by atoms with Gasteiger partial charge in [0.05, 0.1) is 17.7 Å². The molecule has 7 nitrogen and oxygen atoms in total. The van der Waals surface area contributed by atoms with Crippen LogP contribution in [-0.2, 0) is 32.7 Å². The number of hydrogen-bond donors (Lipinski definition) is 1. The van der Waals surface area contributed by atoms with E-state index in [2.05, 4.69) is 10.2 Å². The number of benzene rings is 2. The lowest BCUT2D eigenvalue weighted by atomic mass is 9.94. The van der Waals surface area contributed by atoms with Gasteiger partial charge < -0.3 is 14.6 Å². The van der Waals surface area contributed by atoms with Gasteiger partial charge in [0.1, 0.15) is 12.2 Å². The van der Waals surface area contributed by atoms with Crippen LogP contribution in [0.5, 0.6) is 0 Å². The Labute approximate surface area is 207 Å². The number of amides is 1. The van der Waals surface area contributed by atoms with Gasteiger partial charge >= 0.3 is 6.18 Å². The van der Waals surface area contributed by atoms with E-state index < -0.39 is 23.2 Å². The lowest BCUT2D eigenvalue weighted by Crippen LogP contribution is -2.59. The van der Waals surface area contributed by atoms with E-state index in [4.69, 9.17) is 0 Å². The van der Waals surface area contributed by atoms with Crippen molar-refractivity contribution in [3.63, 3.8) is 0 Å². The van der Waals surface area contributed by atoms with Crippen LogP contribution < -0.4 is 4.90 Å². The summed E-state index contributed by atoms with van der Waals surface area (Å²) in [5, 5.41) is 18.0. The van der Waals surface area contributed by atoms with Gasteiger partial charge in [0.15, 0.2) is 0 Å². The lowest BCUT2D eigenvalue weighted by molar-refractivity contribution is -0.138. The molecule has 0 saturated carbocycles. The smallest absolute Gasteiger partial charge is 0.388 e. The number of fused-ring (bicyclic) bond motifs is 1. The SMILES string of the molecule is C[C@H](Cc1nncn1C)c1cccc(N2Cc3c(cc(CN4CC(C)(O)C4)cc3C(F)(F)F)C2=O)c1. The van der Waals surface area contributed by atoms with Gasteiger partial charge in [-0.15, -0.1) is 10.2 Å². The fourth-order valence-corrected chi connectivity index (χ4v) is 5.19. The van der Waals surface area contributed by atoms with Crippen LogP contribution >= 0.6 is 0 Å². The van der Waals surface area contributed by atoms with Crippen LogP contribution in [0.4, 0.5) is 18.9 Å². The number of anilines is 1. The molecule has 1 fully saturated rings. The van der Waals surface area contributed by atoms with E-state index in [0.717, 1.165) is 17.5 Å². The summed E-state index contributed by atoms with van der Waals surface area (Å²) in [5.41, 5.74) is 0.426. The van der Waals surface area contributed by atoms with Gasteiger partial charge in [0.2, 0.25) is 0 Å². The zero-order valence-electron chi connectivity index (χ0n) is 20.4. The number of aromatic nitrogens is 3. The molecule has 0 bridgehead atoms. The molecule has 0 unspecified atom stereocenters. The molecule has 5 rings (SSSR count). The second kappa shape index (κ2) is 8.70. The van der Waals surface area contributed by atoms with Crippen LogP contribution in [0.2, 0.25) is 0 Å². The Morgan fingerprint density at radius 2 is 1.94 bits per heavy atom. The number of nitrogens with zero attached hydrogens (tertiary/aromatic N) is 5. The maximum absolute atomic E-state index is 14.0. The summed E-state index contributed by atoms with van der Waals surface area (Å²) >= 11 is 0. The summed E-state index contributed by atoms with van der Waals surface area (Å²) in [5.74, 6) is 0.452. The molecule has 3 aromatic rings. The monoisotopic (exact) mass is 499 g/mol. The van der Waals surface area contributed by atoms with Crippen molar-refractivity contribution in [3.8, 4) is 0 Å². The average Bonchev–Trinajstić information content (AvgIpc) is 3.34. The van der Waals surface area contributed by atoms with Crippen LogP contribution in [0.3, 0.4) is 0 Å². The van der Waals surface area contributed by atoms with Crippen molar-refractivity contribution < 1.29 is 23.1 Å². The van der Waals surface area contributed by atoms with E-state index in [9.17, 15) is 23.1 Å². The fraction of sp³-hybridized carbons (Fsp3) is 0.423.